The Labute approximate surface area is 150 Å². The van der Waals surface area contributed by atoms with E-state index in [1.54, 1.807) is 11.8 Å². The Morgan fingerprint density at radius 2 is 1.84 bits per heavy atom. The molecule has 1 aromatic carbocycles. The quantitative estimate of drug-likeness (QED) is 0.858. The van der Waals surface area contributed by atoms with Crippen LogP contribution in [0.5, 0.6) is 0 Å². The first-order valence-corrected chi connectivity index (χ1v) is 9.29. The van der Waals surface area contributed by atoms with Crippen molar-refractivity contribution in [3.63, 3.8) is 0 Å². The third-order valence-corrected chi connectivity index (χ3v) is 4.67. The molecule has 1 aromatic rings. The fourth-order valence-corrected chi connectivity index (χ4v) is 3.05. The minimum atomic E-state index is -0.253. The standard InChI is InChI=1S/C20H30N2O3/c1-4-25-20(24)22-13-11-18(12-14-22)21-19(23)10-7-16-5-8-17(9-6-16)15(2)3/h5-6,8-9,15,18H,4,7,10-14H2,1-3H3,(H,21,23). The molecule has 1 saturated heterocycles. The lowest BCUT2D eigenvalue weighted by Crippen LogP contribution is -2.46. The van der Waals surface area contributed by atoms with E-state index in [1.165, 1.54) is 11.1 Å². The molecular weight excluding hydrogens is 316 g/mol. The Balaban J connectivity index is 1.70. The third-order valence-electron chi connectivity index (χ3n) is 4.67. The average Bonchev–Trinajstić information content (AvgIpc) is 2.61. The summed E-state index contributed by atoms with van der Waals surface area (Å²) in [4.78, 5) is 25.5. The van der Waals surface area contributed by atoms with E-state index >= 15 is 0 Å². The second-order valence-electron chi connectivity index (χ2n) is 6.92. The Hall–Kier alpha value is -2.04. The molecule has 138 valence electrons. The first kappa shape index (κ1) is 19.3. The Bertz CT molecular complexity index is 561. The summed E-state index contributed by atoms with van der Waals surface area (Å²) in [5, 5.41) is 3.09. The van der Waals surface area contributed by atoms with Crippen LogP contribution in [0, 0.1) is 0 Å². The van der Waals surface area contributed by atoms with Crippen molar-refractivity contribution < 1.29 is 14.3 Å². The SMILES string of the molecule is CCOC(=O)N1CCC(NC(=O)CCc2ccc(C(C)C)cc2)CC1. The Kier molecular flexibility index (Phi) is 7.29. The van der Waals surface area contributed by atoms with E-state index < -0.39 is 0 Å². The lowest BCUT2D eigenvalue weighted by molar-refractivity contribution is -0.122. The molecule has 1 heterocycles. The number of rotatable bonds is 6. The van der Waals surface area contributed by atoms with Crippen molar-refractivity contribution in [2.75, 3.05) is 19.7 Å². The summed E-state index contributed by atoms with van der Waals surface area (Å²) in [6.07, 6.45) is 2.57. The molecule has 0 saturated carbocycles. The number of amides is 2. The van der Waals surface area contributed by atoms with Crippen LogP contribution < -0.4 is 5.32 Å². The summed E-state index contributed by atoms with van der Waals surface area (Å²) in [5.74, 6) is 0.611. The smallest absolute Gasteiger partial charge is 0.409 e. The van der Waals surface area contributed by atoms with Gasteiger partial charge < -0.3 is 15.0 Å². The summed E-state index contributed by atoms with van der Waals surface area (Å²) in [6.45, 7) is 7.83. The molecule has 0 spiro atoms. The molecule has 2 rings (SSSR count). The van der Waals surface area contributed by atoms with Crippen LogP contribution in [0.2, 0.25) is 0 Å². The van der Waals surface area contributed by atoms with Gasteiger partial charge in [0.15, 0.2) is 0 Å². The first-order chi connectivity index (χ1) is 12.0. The molecule has 1 fully saturated rings. The van der Waals surface area contributed by atoms with Crippen LogP contribution in [0.1, 0.15) is 57.1 Å². The van der Waals surface area contributed by atoms with Crippen molar-refractivity contribution in [2.24, 2.45) is 0 Å². The molecule has 0 aromatic heterocycles. The number of hydrogen-bond donors (Lipinski definition) is 1. The van der Waals surface area contributed by atoms with Gasteiger partial charge in [0.25, 0.3) is 0 Å². The van der Waals surface area contributed by atoms with Crippen LogP contribution in [-0.4, -0.2) is 42.6 Å². The third kappa shape index (κ3) is 6.07. The number of nitrogens with zero attached hydrogens (tertiary/aromatic N) is 1. The lowest BCUT2D eigenvalue weighted by atomic mass is 10.00. The van der Waals surface area contributed by atoms with E-state index in [4.69, 9.17) is 4.74 Å². The van der Waals surface area contributed by atoms with Gasteiger partial charge in [0.1, 0.15) is 0 Å². The number of ether oxygens (including phenoxy) is 1. The average molecular weight is 346 g/mol. The molecule has 2 amide bonds. The number of carbonyl (C=O) groups is 2. The van der Waals surface area contributed by atoms with Gasteiger partial charge in [-0.15, -0.1) is 0 Å². The summed E-state index contributed by atoms with van der Waals surface area (Å²) < 4.78 is 5.01. The summed E-state index contributed by atoms with van der Waals surface area (Å²) >= 11 is 0. The van der Waals surface area contributed by atoms with E-state index in [-0.39, 0.29) is 18.0 Å². The van der Waals surface area contributed by atoms with Crippen LogP contribution in [0.25, 0.3) is 0 Å². The molecule has 1 aliphatic heterocycles. The van der Waals surface area contributed by atoms with Crippen LogP contribution in [0.3, 0.4) is 0 Å². The van der Waals surface area contributed by atoms with Gasteiger partial charge in [0.2, 0.25) is 5.91 Å². The largest absolute Gasteiger partial charge is 0.450 e. The molecule has 5 heteroatoms. The number of aryl methyl sites for hydroxylation is 1. The number of carbonyl (C=O) groups excluding carboxylic acids is 2. The maximum atomic E-state index is 12.2. The normalized spacial score (nSPS) is 15.3. The minimum absolute atomic E-state index is 0.0857. The van der Waals surface area contributed by atoms with Crippen molar-refractivity contribution in [3.05, 3.63) is 35.4 Å². The van der Waals surface area contributed by atoms with Gasteiger partial charge in [-0.3, -0.25) is 4.79 Å². The Morgan fingerprint density at radius 1 is 1.20 bits per heavy atom. The number of benzene rings is 1. The zero-order chi connectivity index (χ0) is 18.2. The Morgan fingerprint density at radius 3 is 2.40 bits per heavy atom. The molecule has 0 radical (unpaired) electrons. The van der Waals surface area contributed by atoms with Crippen LogP contribution >= 0.6 is 0 Å². The van der Waals surface area contributed by atoms with Crippen LogP contribution in [0.4, 0.5) is 4.79 Å². The highest BCUT2D eigenvalue weighted by Crippen LogP contribution is 2.16. The summed E-state index contributed by atoms with van der Waals surface area (Å²) in [6, 6.07) is 8.66. The maximum absolute atomic E-state index is 12.2. The number of hydrogen-bond acceptors (Lipinski definition) is 3. The van der Waals surface area contributed by atoms with Gasteiger partial charge in [-0.05, 0) is 43.2 Å². The molecule has 0 bridgehead atoms. The van der Waals surface area contributed by atoms with E-state index in [9.17, 15) is 9.59 Å². The van der Waals surface area contributed by atoms with Crippen molar-refractivity contribution >= 4 is 12.0 Å². The minimum Gasteiger partial charge on any atom is -0.450 e. The molecule has 1 N–H and O–H groups in total. The highest BCUT2D eigenvalue weighted by Gasteiger charge is 2.24. The van der Waals surface area contributed by atoms with Crippen molar-refractivity contribution in [1.82, 2.24) is 10.2 Å². The highest BCUT2D eigenvalue weighted by atomic mass is 16.6. The van der Waals surface area contributed by atoms with E-state index in [0.29, 0.717) is 32.0 Å². The van der Waals surface area contributed by atoms with Crippen molar-refractivity contribution in [2.45, 2.75) is 58.4 Å². The van der Waals surface area contributed by atoms with Crippen LogP contribution in [-0.2, 0) is 16.0 Å². The number of piperidine rings is 1. The van der Waals surface area contributed by atoms with Crippen molar-refractivity contribution in [1.29, 1.82) is 0 Å². The molecule has 0 unspecified atom stereocenters. The summed E-state index contributed by atoms with van der Waals surface area (Å²) in [5.41, 5.74) is 2.51. The van der Waals surface area contributed by atoms with Crippen LogP contribution in [0.15, 0.2) is 24.3 Å². The van der Waals surface area contributed by atoms with Gasteiger partial charge in [0.05, 0.1) is 6.61 Å². The maximum Gasteiger partial charge on any atom is 0.409 e. The van der Waals surface area contributed by atoms with E-state index in [0.717, 1.165) is 19.3 Å². The fourth-order valence-electron chi connectivity index (χ4n) is 3.05. The topological polar surface area (TPSA) is 58.6 Å². The zero-order valence-electron chi connectivity index (χ0n) is 15.6. The van der Waals surface area contributed by atoms with Gasteiger partial charge in [0, 0.05) is 25.6 Å². The highest BCUT2D eigenvalue weighted by molar-refractivity contribution is 5.76. The van der Waals surface area contributed by atoms with Gasteiger partial charge in [-0.1, -0.05) is 38.1 Å². The molecule has 0 aliphatic carbocycles. The van der Waals surface area contributed by atoms with E-state index in [2.05, 4.69) is 43.4 Å². The predicted octanol–water partition coefficient (Wildman–Crippen LogP) is 3.48. The fraction of sp³-hybridized carbons (Fsp3) is 0.600. The lowest BCUT2D eigenvalue weighted by Gasteiger charge is -2.31. The van der Waals surface area contributed by atoms with Gasteiger partial charge >= 0.3 is 6.09 Å². The second-order valence-corrected chi connectivity index (χ2v) is 6.92. The first-order valence-electron chi connectivity index (χ1n) is 9.29. The van der Waals surface area contributed by atoms with Gasteiger partial charge in [-0.2, -0.15) is 0 Å². The van der Waals surface area contributed by atoms with Gasteiger partial charge in [-0.25, -0.2) is 4.79 Å². The monoisotopic (exact) mass is 346 g/mol. The molecule has 25 heavy (non-hydrogen) atoms. The molecular formula is C20H30N2O3. The molecule has 0 atom stereocenters. The number of nitrogens with one attached hydrogen (secondary N) is 1. The predicted molar refractivity (Wildman–Crippen MR) is 98.6 cm³/mol. The molecule has 5 nitrogen and oxygen atoms in total. The summed E-state index contributed by atoms with van der Waals surface area (Å²) in [7, 11) is 0. The van der Waals surface area contributed by atoms with E-state index in [1.807, 2.05) is 0 Å². The number of likely N-dealkylation sites (tertiary alicyclic amines) is 1. The zero-order valence-corrected chi connectivity index (χ0v) is 15.6. The molecule has 1 aliphatic rings. The van der Waals surface area contributed by atoms with Crippen molar-refractivity contribution in [3.8, 4) is 0 Å². The second kappa shape index (κ2) is 9.44.